The number of nitrogens with one attached hydrogen (secondary N) is 2. The van der Waals surface area contributed by atoms with Crippen LogP contribution < -0.4 is 10.6 Å². The monoisotopic (exact) mass is 374 g/mol. The van der Waals surface area contributed by atoms with Crippen LogP contribution in [-0.2, 0) is 37.8 Å². The number of hydrogen-bond acceptors (Lipinski definition) is 5. The summed E-state index contributed by atoms with van der Waals surface area (Å²) in [6, 6.07) is 0.297. The Morgan fingerprint density at radius 2 is 2.33 bits per heavy atom. The van der Waals surface area contributed by atoms with Crippen molar-refractivity contribution in [3.63, 3.8) is 0 Å². The van der Waals surface area contributed by atoms with Gasteiger partial charge in [0.05, 0.1) is 12.7 Å². The van der Waals surface area contributed by atoms with Crippen LogP contribution in [0.2, 0.25) is 0 Å². The van der Waals surface area contributed by atoms with E-state index in [2.05, 4.69) is 38.9 Å². The maximum atomic E-state index is 5.13. The Kier molecular flexibility index (Phi) is 6.80. The molecule has 1 unspecified atom stereocenters. The van der Waals surface area contributed by atoms with E-state index >= 15 is 0 Å². The normalized spacial score (nSPS) is 17.0. The Hall–Kier alpha value is -2.42. The largest absolute Gasteiger partial charge is 0.377 e. The molecule has 0 aromatic carbocycles. The Bertz CT molecular complexity index is 750. The van der Waals surface area contributed by atoms with Crippen LogP contribution in [-0.4, -0.2) is 56.7 Å². The minimum atomic E-state index is 0.297. The molecule has 0 saturated heterocycles. The lowest BCUT2D eigenvalue weighted by Gasteiger charge is -2.25. The summed E-state index contributed by atoms with van der Waals surface area (Å²) in [5, 5.41) is 15.6. The van der Waals surface area contributed by atoms with Gasteiger partial charge in [-0.1, -0.05) is 0 Å². The van der Waals surface area contributed by atoms with Gasteiger partial charge in [0.15, 0.2) is 11.8 Å². The summed E-state index contributed by atoms with van der Waals surface area (Å²) >= 11 is 0. The van der Waals surface area contributed by atoms with Gasteiger partial charge in [0, 0.05) is 45.9 Å². The number of guanidine groups is 1. The molecule has 1 atom stereocenters. The molecule has 0 spiro atoms. The molecule has 0 bridgehead atoms. The standard InChI is InChI=1S/C18H30N8O/c1-4-19-18(20-9-5-6-14-10-21-25(2)11-14)22-15-7-8-17-23-16(13-27-3)24-26(17)12-15/h10-11,15H,4-9,12-13H2,1-3H3,(H2,19,20,22). The zero-order valence-electron chi connectivity index (χ0n) is 16.5. The third-order valence-corrected chi connectivity index (χ3v) is 4.51. The second kappa shape index (κ2) is 9.50. The molecule has 2 N–H and O–H groups in total. The summed E-state index contributed by atoms with van der Waals surface area (Å²) in [6.07, 6.45) is 7.90. The first-order valence-corrected chi connectivity index (χ1v) is 9.61. The molecular formula is C18H30N8O. The lowest BCUT2D eigenvalue weighted by atomic mass is 10.1. The first kappa shape index (κ1) is 19.3. The molecule has 27 heavy (non-hydrogen) atoms. The van der Waals surface area contributed by atoms with Crippen molar-refractivity contribution in [1.29, 1.82) is 0 Å². The average Bonchev–Trinajstić information content (AvgIpc) is 3.24. The average molecular weight is 374 g/mol. The summed E-state index contributed by atoms with van der Waals surface area (Å²) in [4.78, 5) is 9.25. The minimum Gasteiger partial charge on any atom is -0.377 e. The molecule has 1 aliphatic rings. The maximum Gasteiger partial charge on any atom is 0.191 e. The molecule has 1 aliphatic heterocycles. The van der Waals surface area contributed by atoms with Gasteiger partial charge in [0.1, 0.15) is 12.4 Å². The topological polar surface area (TPSA) is 94.2 Å². The van der Waals surface area contributed by atoms with E-state index in [1.807, 2.05) is 22.6 Å². The molecule has 0 saturated carbocycles. The van der Waals surface area contributed by atoms with E-state index in [1.54, 1.807) is 7.11 Å². The van der Waals surface area contributed by atoms with Gasteiger partial charge in [-0.25, -0.2) is 9.67 Å². The van der Waals surface area contributed by atoms with Crippen LogP contribution >= 0.6 is 0 Å². The number of aliphatic imine (C=N–C) groups is 1. The quantitative estimate of drug-likeness (QED) is 0.401. The maximum absolute atomic E-state index is 5.13. The van der Waals surface area contributed by atoms with Crippen molar-refractivity contribution in [2.45, 2.75) is 51.8 Å². The first-order valence-electron chi connectivity index (χ1n) is 9.61. The number of fused-ring (bicyclic) bond motifs is 1. The van der Waals surface area contributed by atoms with Crippen molar-refractivity contribution in [3.8, 4) is 0 Å². The summed E-state index contributed by atoms with van der Waals surface area (Å²) in [5.41, 5.74) is 1.25. The van der Waals surface area contributed by atoms with Gasteiger partial charge in [-0.05, 0) is 31.7 Å². The SMILES string of the molecule is CCNC(=NCCCc1cnn(C)c1)NC1CCc2nc(COC)nn2C1. The number of aryl methyl sites for hydroxylation is 3. The second-order valence-corrected chi connectivity index (χ2v) is 6.83. The molecule has 0 radical (unpaired) electrons. The van der Waals surface area contributed by atoms with Crippen LogP contribution in [0.15, 0.2) is 17.4 Å². The van der Waals surface area contributed by atoms with Crippen molar-refractivity contribution < 1.29 is 4.74 Å². The van der Waals surface area contributed by atoms with Crippen LogP contribution in [0.3, 0.4) is 0 Å². The van der Waals surface area contributed by atoms with Crippen LogP contribution in [0, 0.1) is 0 Å². The van der Waals surface area contributed by atoms with E-state index in [9.17, 15) is 0 Å². The van der Waals surface area contributed by atoms with Crippen LogP contribution in [0.25, 0.3) is 0 Å². The van der Waals surface area contributed by atoms with Crippen LogP contribution in [0.5, 0.6) is 0 Å². The van der Waals surface area contributed by atoms with Crippen LogP contribution in [0.1, 0.15) is 37.0 Å². The Morgan fingerprint density at radius 1 is 1.44 bits per heavy atom. The third kappa shape index (κ3) is 5.53. The molecule has 2 aromatic heterocycles. The fourth-order valence-electron chi connectivity index (χ4n) is 3.26. The van der Waals surface area contributed by atoms with E-state index in [0.717, 1.165) is 62.9 Å². The van der Waals surface area contributed by atoms with Gasteiger partial charge in [0.25, 0.3) is 0 Å². The molecule has 0 aliphatic carbocycles. The van der Waals surface area contributed by atoms with Gasteiger partial charge < -0.3 is 15.4 Å². The summed E-state index contributed by atoms with van der Waals surface area (Å²) < 4.78 is 8.95. The van der Waals surface area contributed by atoms with Crippen molar-refractivity contribution in [2.24, 2.45) is 12.0 Å². The molecule has 9 nitrogen and oxygen atoms in total. The second-order valence-electron chi connectivity index (χ2n) is 6.83. The lowest BCUT2D eigenvalue weighted by Crippen LogP contribution is -2.47. The Morgan fingerprint density at radius 3 is 3.07 bits per heavy atom. The molecule has 2 aromatic rings. The van der Waals surface area contributed by atoms with Gasteiger partial charge in [0.2, 0.25) is 0 Å². The van der Waals surface area contributed by atoms with Gasteiger partial charge in [-0.3, -0.25) is 9.67 Å². The smallest absolute Gasteiger partial charge is 0.191 e. The summed E-state index contributed by atoms with van der Waals surface area (Å²) in [5.74, 6) is 2.66. The summed E-state index contributed by atoms with van der Waals surface area (Å²) in [7, 11) is 3.61. The van der Waals surface area contributed by atoms with Crippen LogP contribution in [0.4, 0.5) is 0 Å². The number of methoxy groups -OCH3 is 1. The highest BCUT2D eigenvalue weighted by Gasteiger charge is 2.22. The molecule has 0 amide bonds. The highest BCUT2D eigenvalue weighted by Crippen LogP contribution is 2.13. The number of nitrogens with zero attached hydrogens (tertiary/aromatic N) is 6. The molecule has 0 fully saturated rings. The number of rotatable bonds is 8. The number of aromatic nitrogens is 5. The van der Waals surface area contributed by atoms with Crippen molar-refractivity contribution in [2.75, 3.05) is 20.2 Å². The van der Waals surface area contributed by atoms with Gasteiger partial charge in [-0.15, -0.1) is 0 Å². The zero-order valence-corrected chi connectivity index (χ0v) is 16.5. The highest BCUT2D eigenvalue weighted by molar-refractivity contribution is 5.80. The van der Waals surface area contributed by atoms with E-state index < -0.39 is 0 Å². The molecule has 148 valence electrons. The lowest BCUT2D eigenvalue weighted by molar-refractivity contribution is 0.177. The van der Waals surface area contributed by atoms with E-state index in [4.69, 9.17) is 9.73 Å². The molecule has 3 rings (SSSR count). The Labute approximate surface area is 160 Å². The van der Waals surface area contributed by atoms with Gasteiger partial charge in [-0.2, -0.15) is 10.2 Å². The molecule has 3 heterocycles. The fourth-order valence-corrected chi connectivity index (χ4v) is 3.26. The van der Waals surface area contributed by atoms with Gasteiger partial charge >= 0.3 is 0 Å². The van der Waals surface area contributed by atoms with Crippen molar-refractivity contribution >= 4 is 5.96 Å². The fraction of sp³-hybridized carbons (Fsp3) is 0.667. The summed E-state index contributed by atoms with van der Waals surface area (Å²) in [6.45, 7) is 4.96. The van der Waals surface area contributed by atoms with E-state index in [-0.39, 0.29) is 0 Å². The van der Waals surface area contributed by atoms with Crippen molar-refractivity contribution in [1.82, 2.24) is 35.2 Å². The number of ether oxygens (including phenoxy) is 1. The predicted octanol–water partition coefficient (Wildman–Crippen LogP) is 0.661. The predicted molar refractivity (Wildman–Crippen MR) is 103 cm³/mol. The Balaban J connectivity index is 1.50. The minimum absolute atomic E-state index is 0.297. The zero-order chi connectivity index (χ0) is 19.1. The highest BCUT2D eigenvalue weighted by atomic mass is 16.5. The third-order valence-electron chi connectivity index (χ3n) is 4.51. The van der Waals surface area contributed by atoms with Crippen molar-refractivity contribution in [3.05, 3.63) is 29.6 Å². The van der Waals surface area contributed by atoms with E-state index in [0.29, 0.717) is 12.6 Å². The number of hydrogen-bond donors (Lipinski definition) is 2. The molecular weight excluding hydrogens is 344 g/mol. The first-order chi connectivity index (χ1) is 13.2. The molecule has 9 heteroatoms. The van der Waals surface area contributed by atoms with E-state index in [1.165, 1.54) is 5.56 Å².